The number of ether oxygens (including phenoxy) is 1. The van der Waals surface area contributed by atoms with Crippen molar-refractivity contribution in [2.75, 3.05) is 50.1 Å². The van der Waals surface area contributed by atoms with E-state index in [0.717, 1.165) is 44.1 Å². The first-order valence-corrected chi connectivity index (χ1v) is 9.20. The van der Waals surface area contributed by atoms with Crippen LogP contribution in [0, 0.1) is 0 Å². The van der Waals surface area contributed by atoms with Gasteiger partial charge in [-0.05, 0) is 42.9 Å². The molecule has 5 nitrogen and oxygen atoms in total. The largest absolute Gasteiger partial charge is 0.497 e. The summed E-state index contributed by atoms with van der Waals surface area (Å²) in [6.45, 7) is 7.13. The van der Waals surface area contributed by atoms with Crippen LogP contribution in [0.1, 0.15) is 17.3 Å². The first-order chi connectivity index (χ1) is 12.6. The number of methoxy groups -OCH3 is 1. The molecule has 0 bridgehead atoms. The molecule has 1 aliphatic rings. The van der Waals surface area contributed by atoms with Crippen LogP contribution in [-0.2, 0) is 0 Å². The number of benzene rings is 2. The molecule has 0 aliphatic carbocycles. The lowest BCUT2D eigenvalue weighted by atomic mass is 10.1. The van der Waals surface area contributed by atoms with Crippen molar-refractivity contribution in [3.05, 3.63) is 53.1 Å². The van der Waals surface area contributed by atoms with E-state index in [0.29, 0.717) is 16.3 Å². The van der Waals surface area contributed by atoms with E-state index in [-0.39, 0.29) is 5.91 Å². The Morgan fingerprint density at radius 3 is 2.62 bits per heavy atom. The quantitative estimate of drug-likeness (QED) is 0.867. The number of hydrogen-bond acceptors (Lipinski definition) is 4. The Morgan fingerprint density at radius 1 is 1.15 bits per heavy atom. The van der Waals surface area contributed by atoms with Gasteiger partial charge in [0.1, 0.15) is 5.75 Å². The van der Waals surface area contributed by atoms with Crippen LogP contribution in [0.3, 0.4) is 0 Å². The summed E-state index contributed by atoms with van der Waals surface area (Å²) >= 11 is 6.18. The molecule has 0 aromatic heterocycles. The summed E-state index contributed by atoms with van der Waals surface area (Å²) in [5.41, 5.74) is 2.28. The third-order valence-corrected chi connectivity index (χ3v) is 4.93. The van der Waals surface area contributed by atoms with Crippen LogP contribution in [0.2, 0.25) is 5.02 Å². The fourth-order valence-corrected chi connectivity index (χ4v) is 3.32. The van der Waals surface area contributed by atoms with Crippen molar-refractivity contribution in [1.82, 2.24) is 4.90 Å². The summed E-state index contributed by atoms with van der Waals surface area (Å²) in [7, 11) is 1.59. The zero-order chi connectivity index (χ0) is 18.5. The van der Waals surface area contributed by atoms with E-state index in [4.69, 9.17) is 16.3 Å². The number of nitrogens with zero attached hydrogens (tertiary/aromatic N) is 2. The molecular formula is C20H24ClN3O2. The summed E-state index contributed by atoms with van der Waals surface area (Å²) in [4.78, 5) is 17.4. The van der Waals surface area contributed by atoms with Crippen molar-refractivity contribution in [3.63, 3.8) is 0 Å². The van der Waals surface area contributed by atoms with Gasteiger partial charge in [0.15, 0.2) is 0 Å². The number of piperazine rings is 1. The summed E-state index contributed by atoms with van der Waals surface area (Å²) in [5, 5.41) is 3.61. The maximum absolute atomic E-state index is 12.7. The smallest absolute Gasteiger partial charge is 0.255 e. The SMILES string of the molecule is CCN1CCN(c2ccc(Cl)cc2NC(=O)c2cccc(OC)c2)CC1. The summed E-state index contributed by atoms with van der Waals surface area (Å²) in [5.74, 6) is 0.472. The van der Waals surface area contributed by atoms with Gasteiger partial charge in [-0.1, -0.05) is 24.6 Å². The Morgan fingerprint density at radius 2 is 1.92 bits per heavy atom. The molecule has 3 rings (SSSR count). The van der Waals surface area contributed by atoms with Crippen LogP contribution >= 0.6 is 11.6 Å². The maximum Gasteiger partial charge on any atom is 0.255 e. The van der Waals surface area contributed by atoms with Crippen LogP contribution in [0.25, 0.3) is 0 Å². The molecule has 0 radical (unpaired) electrons. The first-order valence-electron chi connectivity index (χ1n) is 8.83. The van der Waals surface area contributed by atoms with Crippen molar-refractivity contribution >= 4 is 28.9 Å². The number of likely N-dealkylation sites (N-methyl/N-ethyl adjacent to an activating group) is 1. The van der Waals surface area contributed by atoms with Crippen LogP contribution in [0.5, 0.6) is 5.75 Å². The predicted octanol–water partition coefficient (Wildman–Crippen LogP) is 3.74. The number of hydrogen-bond donors (Lipinski definition) is 1. The Balaban J connectivity index is 1.80. The molecule has 1 saturated heterocycles. The second-order valence-electron chi connectivity index (χ2n) is 6.27. The minimum Gasteiger partial charge on any atom is -0.497 e. The van der Waals surface area contributed by atoms with Crippen LogP contribution in [0.4, 0.5) is 11.4 Å². The molecule has 1 heterocycles. The maximum atomic E-state index is 12.7. The zero-order valence-electron chi connectivity index (χ0n) is 15.2. The summed E-state index contributed by atoms with van der Waals surface area (Å²) in [6, 6.07) is 12.8. The molecule has 0 spiro atoms. The number of carbonyl (C=O) groups excluding carboxylic acids is 1. The highest BCUT2D eigenvalue weighted by molar-refractivity contribution is 6.31. The van der Waals surface area contributed by atoms with Crippen molar-refractivity contribution in [3.8, 4) is 5.75 Å². The summed E-state index contributed by atoms with van der Waals surface area (Å²) in [6.07, 6.45) is 0. The minimum absolute atomic E-state index is 0.181. The van der Waals surface area contributed by atoms with Gasteiger partial charge in [-0.2, -0.15) is 0 Å². The molecule has 6 heteroatoms. The first kappa shape index (κ1) is 18.5. The number of anilines is 2. The van der Waals surface area contributed by atoms with Crippen molar-refractivity contribution in [2.45, 2.75) is 6.92 Å². The third-order valence-electron chi connectivity index (χ3n) is 4.70. The van der Waals surface area contributed by atoms with E-state index in [1.807, 2.05) is 18.2 Å². The number of amides is 1. The van der Waals surface area contributed by atoms with E-state index in [9.17, 15) is 4.79 Å². The molecule has 138 valence electrons. The second-order valence-corrected chi connectivity index (χ2v) is 6.71. The van der Waals surface area contributed by atoms with Gasteiger partial charge >= 0.3 is 0 Å². The molecule has 26 heavy (non-hydrogen) atoms. The number of carbonyl (C=O) groups is 1. The van der Waals surface area contributed by atoms with Crippen LogP contribution in [-0.4, -0.2) is 50.6 Å². The number of rotatable bonds is 5. The second kappa shape index (κ2) is 8.43. The molecule has 1 fully saturated rings. The van der Waals surface area contributed by atoms with E-state index in [1.165, 1.54) is 0 Å². The Bertz CT molecular complexity index is 773. The normalized spacial score (nSPS) is 15.0. The highest BCUT2D eigenvalue weighted by Gasteiger charge is 2.19. The van der Waals surface area contributed by atoms with Gasteiger partial charge in [-0.15, -0.1) is 0 Å². The summed E-state index contributed by atoms with van der Waals surface area (Å²) < 4.78 is 5.20. The molecule has 2 aromatic rings. The van der Waals surface area contributed by atoms with Gasteiger partial charge in [0.2, 0.25) is 0 Å². The lowest BCUT2D eigenvalue weighted by Gasteiger charge is -2.36. The van der Waals surface area contributed by atoms with Gasteiger partial charge in [0.25, 0.3) is 5.91 Å². The van der Waals surface area contributed by atoms with E-state index in [2.05, 4.69) is 22.0 Å². The molecule has 1 N–H and O–H groups in total. The predicted molar refractivity (Wildman–Crippen MR) is 107 cm³/mol. The zero-order valence-corrected chi connectivity index (χ0v) is 15.9. The van der Waals surface area contributed by atoms with E-state index >= 15 is 0 Å². The molecule has 1 amide bonds. The fraction of sp³-hybridized carbons (Fsp3) is 0.350. The van der Waals surface area contributed by atoms with Gasteiger partial charge in [-0.3, -0.25) is 4.79 Å². The minimum atomic E-state index is -0.181. The highest BCUT2D eigenvalue weighted by Crippen LogP contribution is 2.30. The average molecular weight is 374 g/mol. The van der Waals surface area contributed by atoms with Gasteiger partial charge in [0.05, 0.1) is 18.5 Å². The van der Waals surface area contributed by atoms with Crippen LogP contribution in [0.15, 0.2) is 42.5 Å². The lowest BCUT2D eigenvalue weighted by Crippen LogP contribution is -2.46. The van der Waals surface area contributed by atoms with Gasteiger partial charge in [0, 0.05) is 36.8 Å². The molecule has 0 unspecified atom stereocenters. The van der Waals surface area contributed by atoms with Crippen molar-refractivity contribution in [1.29, 1.82) is 0 Å². The average Bonchev–Trinajstić information content (AvgIpc) is 2.68. The fourth-order valence-electron chi connectivity index (χ4n) is 3.15. The Labute approximate surface area is 159 Å². The molecule has 2 aromatic carbocycles. The van der Waals surface area contributed by atoms with Crippen molar-refractivity contribution in [2.24, 2.45) is 0 Å². The topological polar surface area (TPSA) is 44.8 Å². The Hall–Kier alpha value is -2.24. The number of halogens is 1. The van der Waals surface area contributed by atoms with E-state index < -0.39 is 0 Å². The Kier molecular flexibility index (Phi) is 6.01. The molecule has 0 atom stereocenters. The van der Waals surface area contributed by atoms with E-state index in [1.54, 1.807) is 31.4 Å². The highest BCUT2D eigenvalue weighted by atomic mass is 35.5. The lowest BCUT2D eigenvalue weighted by molar-refractivity contribution is 0.102. The van der Waals surface area contributed by atoms with Gasteiger partial charge < -0.3 is 19.9 Å². The van der Waals surface area contributed by atoms with Crippen molar-refractivity contribution < 1.29 is 9.53 Å². The van der Waals surface area contributed by atoms with Crippen LogP contribution < -0.4 is 15.0 Å². The molecular weight excluding hydrogens is 350 g/mol. The van der Waals surface area contributed by atoms with Gasteiger partial charge in [-0.25, -0.2) is 0 Å². The number of nitrogens with one attached hydrogen (secondary N) is 1. The third kappa shape index (κ3) is 4.29. The monoisotopic (exact) mass is 373 g/mol. The molecule has 0 saturated carbocycles. The standard InChI is InChI=1S/C20H24ClN3O2/c1-3-23-9-11-24(12-10-23)19-8-7-16(21)14-18(19)22-20(25)15-5-4-6-17(13-15)26-2/h4-8,13-14H,3,9-12H2,1-2H3,(H,22,25). The molecule has 1 aliphatic heterocycles.